The predicted octanol–water partition coefficient (Wildman–Crippen LogP) is 4.77. The molecule has 0 unspecified atom stereocenters. The molecule has 1 aromatic heterocycles. The van der Waals surface area contributed by atoms with Crippen LogP contribution < -0.4 is 10.1 Å². The highest BCUT2D eigenvalue weighted by Gasteiger charge is 2.15. The van der Waals surface area contributed by atoms with Crippen molar-refractivity contribution in [2.75, 3.05) is 13.6 Å². The molecule has 0 aliphatic carbocycles. The molecule has 22 heavy (non-hydrogen) atoms. The third-order valence-corrected chi connectivity index (χ3v) is 4.53. The van der Waals surface area contributed by atoms with Gasteiger partial charge in [0.2, 0.25) is 0 Å². The number of hydrogen-bond donors (Lipinski definition) is 1. The number of benzene rings is 2. The molecule has 1 heterocycles. The minimum Gasteiger partial charge on any atom is -0.484 e. The van der Waals surface area contributed by atoms with E-state index in [-0.39, 0.29) is 11.2 Å². The van der Waals surface area contributed by atoms with Crippen LogP contribution in [0.2, 0.25) is 0 Å². The molecule has 2 nitrogen and oxygen atoms in total. The molecule has 0 bridgehead atoms. The van der Waals surface area contributed by atoms with Crippen LogP contribution in [0.4, 0.5) is 4.39 Å². The average Bonchev–Trinajstić information content (AvgIpc) is 2.93. The summed E-state index contributed by atoms with van der Waals surface area (Å²) in [6, 6.07) is 17.4. The van der Waals surface area contributed by atoms with Crippen molar-refractivity contribution in [1.82, 2.24) is 5.32 Å². The molecule has 0 aliphatic heterocycles. The summed E-state index contributed by atoms with van der Waals surface area (Å²) in [5, 5.41) is 3.86. The van der Waals surface area contributed by atoms with Crippen molar-refractivity contribution in [3.8, 4) is 5.75 Å². The highest BCUT2D eigenvalue weighted by atomic mass is 32.1. The number of ether oxygens (including phenoxy) is 1. The third-order valence-electron chi connectivity index (χ3n) is 3.58. The van der Waals surface area contributed by atoms with E-state index in [0.717, 1.165) is 45.7 Å². The van der Waals surface area contributed by atoms with Crippen molar-refractivity contribution < 1.29 is 9.13 Å². The molecule has 3 aromatic rings. The number of fused-ring (bicyclic) bond motifs is 1. The van der Waals surface area contributed by atoms with Gasteiger partial charge in [-0.05, 0) is 36.7 Å². The van der Waals surface area contributed by atoms with E-state index in [9.17, 15) is 4.39 Å². The Kier molecular flexibility index (Phi) is 4.71. The van der Waals surface area contributed by atoms with Gasteiger partial charge in [0.05, 0.1) is 4.70 Å². The predicted molar refractivity (Wildman–Crippen MR) is 90.1 cm³/mol. The summed E-state index contributed by atoms with van der Waals surface area (Å²) in [7, 11) is 1.93. The summed E-state index contributed by atoms with van der Waals surface area (Å²) >= 11 is 1.13. The molecule has 0 amide bonds. The van der Waals surface area contributed by atoms with E-state index in [1.54, 1.807) is 6.07 Å². The first-order chi connectivity index (χ1) is 10.8. The zero-order valence-corrected chi connectivity index (χ0v) is 13.2. The van der Waals surface area contributed by atoms with Crippen molar-refractivity contribution in [2.45, 2.75) is 12.5 Å². The van der Waals surface area contributed by atoms with Crippen molar-refractivity contribution in [3.63, 3.8) is 0 Å². The van der Waals surface area contributed by atoms with Crippen LogP contribution in [0.15, 0.2) is 54.6 Å². The maximum absolute atomic E-state index is 13.5. The normalized spacial score (nSPS) is 12.5. The minimum absolute atomic E-state index is 0.0515. The van der Waals surface area contributed by atoms with Gasteiger partial charge in [0.15, 0.2) is 5.13 Å². The van der Waals surface area contributed by atoms with Gasteiger partial charge in [0, 0.05) is 6.42 Å². The highest BCUT2D eigenvalue weighted by Crippen LogP contribution is 2.35. The average molecular weight is 315 g/mol. The van der Waals surface area contributed by atoms with Gasteiger partial charge in [-0.2, -0.15) is 4.39 Å². The van der Waals surface area contributed by atoms with Crippen LogP contribution in [0.25, 0.3) is 10.1 Å². The van der Waals surface area contributed by atoms with E-state index < -0.39 is 0 Å². The van der Waals surface area contributed by atoms with Gasteiger partial charge in [-0.25, -0.2) is 0 Å². The third kappa shape index (κ3) is 3.29. The van der Waals surface area contributed by atoms with Crippen LogP contribution >= 0.6 is 11.3 Å². The van der Waals surface area contributed by atoms with Crippen LogP contribution in [0, 0.1) is 5.13 Å². The number of hydrogen-bond acceptors (Lipinski definition) is 3. The first-order valence-electron chi connectivity index (χ1n) is 7.32. The van der Waals surface area contributed by atoms with Gasteiger partial charge in [-0.1, -0.05) is 42.5 Å². The smallest absolute Gasteiger partial charge is 0.177 e. The van der Waals surface area contributed by atoms with Gasteiger partial charge in [0.25, 0.3) is 0 Å². The Morgan fingerprint density at radius 2 is 1.95 bits per heavy atom. The first-order valence-corrected chi connectivity index (χ1v) is 8.14. The molecule has 0 aliphatic rings. The monoisotopic (exact) mass is 315 g/mol. The quantitative estimate of drug-likeness (QED) is 0.707. The number of halogens is 1. The van der Waals surface area contributed by atoms with E-state index in [1.165, 1.54) is 0 Å². The lowest BCUT2D eigenvalue weighted by molar-refractivity contribution is 0.198. The fourth-order valence-electron chi connectivity index (χ4n) is 2.49. The maximum Gasteiger partial charge on any atom is 0.177 e. The van der Waals surface area contributed by atoms with Crippen LogP contribution in [0.3, 0.4) is 0 Å². The fourth-order valence-corrected chi connectivity index (χ4v) is 3.33. The number of nitrogens with one attached hydrogen (secondary N) is 1. The molecule has 0 spiro atoms. The Bertz CT molecular complexity index is 741. The molecule has 2 aromatic carbocycles. The molecule has 1 N–H and O–H groups in total. The fraction of sp³-hybridized carbons (Fsp3) is 0.222. The summed E-state index contributed by atoms with van der Waals surface area (Å²) < 4.78 is 20.6. The minimum atomic E-state index is -0.183. The van der Waals surface area contributed by atoms with Gasteiger partial charge in [-0.3, -0.25) is 0 Å². The van der Waals surface area contributed by atoms with Crippen LogP contribution in [0.5, 0.6) is 5.75 Å². The summed E-state index contributed by atoms with van der Waals surface area (Å²) in [6.45, 7) is 0.855. The Morgan fingerprint density at radius 3 is 2.73 bits per heavy atom. The van der Waals surface area contributed by atoms with Gasteiger partial charge in [-0.15, -0.1) is 11.3 Å². The number of rotatable bonds is 6. The van der Waals surface area contributed by atoms with E-state index in [1.807, 2.05) is 43.4 Å². The lowest BCUT2D eigenvalue weighted by Crippen LogP contribution is -2.16. The van der Waals surface area contributed by atoms with Crippen molar-refractivity contribution in [1.29, 1.82) is 0 Å². The standard InChI is InChI=1S/C18H18FNOS/c1-20-11-10-15(13-6-3-2-4-7-13)21-16-9-5-8-14-12-17(19)22-18(14)16/h2-9,12,15,20H,10-11H2,1H3/t15-/m0/s1. The Morgan fingerprint density at radius 1 is 1.14 bits per heavy atom. The van der Waals surface area contributed by atoms with E-state index in [2.05, 4.69) is 17.4 Å². The van der Waals surface area contributed by atoms with Crippen molar-refractivity contribution >= 4 is 21.4 Å². The largest absolute Gasteiger partial charge is 0.484 e. The van der Waals surface area contributed by atoms with Crippen LogP contribution in [0.1, 0.15) is 18.1 Å². The summed E-state index contributed by atoms with van der Waals surface area (Å²) in [5.74, 6) is 0.747. The zero-order valence-electron chi connectivity index (χ0n) is 12.4. The maximum atomic E-state index is 13.5. The van der Waals surface area contributed by atoms with Crippen LogP contribution in [-0.2, 0) is 0 Å². The molecule has 0 saturated heterocycles. The van der Waals surface area contributed by atoms with Crippen molar-refractivity contribution in [2.24, 2.45) is 0 Å². The Labute approximate surface area is 133 Å². The lowest BCUT2D eigenvalue weighted by Gasteiger charge is -2.20. The molecule has 1 atom stereocenters. The molecule has 0 radical (unpaired) electrons. The van der Waals surface area contributed by atoms with E-state index >= 15 is 0 Å². The molecule has 114 valence electrons. The lowest BCUT2D eigenvalue weighted by atomic mass is 10.1. The van der Waals surface area contributed by atoms with Gasteiger partial charge >= 0.3 is 0 Å². The zero-order chi connectivity index (χ0) is 15.4. The topological polar surface area (TPSA) is 21.3 Å². The second-order valence-electron chi connectivity index (χ2n) is 5.13. The SMILES string of the molecule is CNCC[C@H](Oc1cccc2cc(F)sc12)c1ccccc1. The second kappa shape index (κ2) is 6.90. The molecular formula is C18H18FNOS. The molecule has 3 rings (SSSR count). The Balaban J connectivity index is 1.91. The molecular weight excluding hydrogens is 297 g/mol. The Hall–Kier alpha value is -1.91. The highest BCUT2D eigenvalue weighted by molar-refractivity contribution is 7.17. The molecule has 0 fully saturated rings. The summed E-state index contributed by atoms with van der Waals surface area (Å²) in [4.78, 5) is 0. The summed E-state index contributed by atoms with van der Waals surface area (Å²) in [5.41, 5.74) is 1.13. The van der Waals surface area contributed by atoms with Crippen LogP contribution in [-0.4, -0.2) is 13.6 Å². The second-order valence-corrected chi connectivity index (χ2v) is 6.14. The molecule has 0 saturated carbocycles. The van der Waals surface area contributed by atoms with Gasteiger partial charge in [0.1, 0.15) is 11.9 Å². The van der Waals surface area contributed by atoms with E-state index in [4.69, 9.17) is 4.74 Å². The summed E-state index contributed by atoms with van der Waals surface area (Å²) in [6.07, 6.45) is 0.800. The first kappa shape index (κ1) is 15.0. The molecule has 4 heteroatoms. The van der Waals surface area contributed by atoms with E-state index in [0.29, 0.717) is 0 Å². The number of thiophene rings is 1. The van der Waals surface area contributed by atoms with Gasteiger partial charge < -0.3 is 10.1 Å². The van der Waals surface area contributed by atoms with Crippen molar-refractivity contribution in [3.05, 3.63) is 65.3 Å².